The maximum Gasteiger partial charge on any atom is 0.0208 e. The monoisotopic (exact) mass is 216 g/mol. The van der Waals surface area contributed by atoms with Crippen LogP contribution in [0.4, 0.5) is 0 Å². The number of hydrogen-bond acceptors (Lipinski definition) is 0. The summed E-state index contributed by atoms with van der Waals surface area (Å²) in [5.41, 5.74) is 3.20. The average Bonchev–Trinajstić information content (AvgIpc) is 2.05. The van der Waals surface area contributed by atoms with E-state index < -0.39 is 0 Å². The number of halogens is 1. The van der Waals surface area contributed by atoms with Crippen LogP contribution >= 0.6 is 15.9 Å². The van der Waals surface area contributed by atoms with Crippen LogP contribution in [-0.4, -0.2) is 4.83 Å². The summed E-state index contributed by atoms with van der Waals surface area (Å²) >= 11 is 3.74. The van der Waals surface area contributed by atoms with E-state index in [4.69, 9.17) is 0 Å². The zero-order valence-electron chi connectivity index (χ0n) is 7.65. The third-order valence-electron chi connectivity index (χ3n) is 2.82. The van der Waals surface area contributed by atoms with Crippen LogP contribution in [0.15, 0.2) is 11.1 Å². The van der Waals surface area contributed by atoms with Crippen molar-refractivity contribution in [3.8, 4) is 0 Å². The van der Waals surface area contributed by atoms with E-state index in [2.05, 4.69) is 36.7 Å². The van der Waals surface area contributed by atoms with E-state index in [1.165, 1.54) is 19.3 Å². The van der Waals surface area contributed by atoms with Gasteiger partial charge in [-0.2, -0.15) is 0 Å². The molecule has 64 valence electrons. The molecule has 1 aliphatic carbocycles. The molecule has 0 radical (unpaired) electrons. The molecule has 1 heteroatoms. The fraction of sp³-hybridized carbons (Fsp3) is 0.800. The summed E-state index contributed by atoms with van der Waals surface area (Å²) < 4.78 is 0. The summed E-state index contributed by atoms with van der Waals surface area (Å²) in [5.74, 6) is 0.836. The Bertz CT molecular complexity index is 170. The molecule has 0 saturated heterocycles. The molecule has 1 rings (SSSR count). The molecule has 0 aromatic carbocycles. The Kier molecular flexibility index (Phi) is 3.17. The van der Waals surface area contributed by atoms with Crippen LogP contribution in [0.25, 0.3) is 0 Å². The van der Waals surface area contributed by atoms with Crippen molar-refractivity contribution in [1.82, 2.24) is 0 Å². The lowest BCUT2D eigenvalue weighted by Crippen LogP contribution is -2.08. The van der Waals surface area contributed by atoms with Crippen LogP contribution in [0, 0.1) is 5.92 Å². The standard InChI is InChI=1S/C10H17Br/c1-7-4-5-8(2)10(11)6-9(7)3/h8,10H,4-6H2,1-3H3. The predicted octanol–water partition coefficient (Wildman–Crippen LogP) is 3.91. The average molecular weight is 217 g/mol. The molecule has 0 saturated carbocycles. The first-order valence-electron chi connectivity index (χ1n) is 4.40. The molecular weight excluding hydrogens is 200 g/mol. The molecule has 0 aromatic rings. The molecule has 0 spiro atoms. The molecule has 0 aliphatic heterocycles. The summed E-state index contributed by atoms with van der Waals surface area (Å²) in [7, 11) is 0. The fourth-order valence-corrected chi connectivity index (χ4v) is 2.26. The van der Waals surface area contributed by atoms with Gasteiger partial charge in [0.15, 0.2) is 0 Å². The van der Waals surface area contributed by atoms with Crippen molar-refractivity contribution in [2.24, 2.45) is 5.92 Å². The van der Waals surface area contributed by atoms with Crippen molar-refractivity contribution in [2.75, 3.05) is 0 Å². The molecule has 0 amide bonds. The molecule has 0 N–H and O–H groups in total. The lowest BCUT2D eigenvalue weighted by atomic mass is 10.0. The third-order valence-corrected chi connectivity index (χ3v) is 4.05. The molecule has 2 atom stereocenters. The molecule has 0 heterocycles. The van der Waals surface area contributed by atoms with Gasteiger partial charge >= 0.3 is 0 Å². The second kappa shape index (κ2) is 3.75. The lowest BCUT2D eigenvalue weighted by molar-refractivity contribution is 0.527. The highest BCUT2D eigenvalue weighted by atomic mass is 79.9. The summed E-state index contributed by atoms with van der Waals surface area (Å²) in [6.07, 6.45) is 3.89. The van der Waals surface area contributed by atoms with E-state index in [0.717, 1.165) is 5.92 Å². The van der Waals surface area contributed by atoms with Crippen molar-refractivity contribution < 1.29 is 0 Å². The third kappa shape index (κ3) is 2.33. The Labute approximate surface area is 78.2 Å². The smallest absolute Gasteiger partial charge is 0.0208 e. The quantitative estimate of drug-likeness (QED) is 0.426. The molecule has 0 aromatic heterocycles. The Morgan fingerprint density at radius 1 is 1.27 bits per heavy atom. The van der Waals surface area contributed by atoms with E-state index in [1.807, 2.05) is 0 Å². The molecule has 11 heavy (non-hydrogen) atoms. The van der Waals surface area contributed by atoms with Crippen molar-refractivity contribution in [3.63, 3.8) is 0 Å². The lowest BCUT2D eigenvalue weighted by Gasteiger charge is -2.14. The van der Waals surface area contributed by atoms with Gasteiger partial charge in [-0.25, -0.2) is 0 Å². The minimum absolute atomic E-state index is 0.708. The normalized spacial score (nSPS) is 33.8. The molecule has 0 fully saturated rings. The Morgan fingerprint density at radius 3 is 2.55 bits per heavy atom. The van der Waals surface area contributed by atoms with E-state index in [-0.39, 0.29) is 0 Å². The summed E-state index contributed by atoms with van der Waals surface area (Å²) in [6, 6.07) is 0. The van der Waals surface area contributed by atoms with Crippen molar-refractivity contribution in [2.45, 2.75) is 44.9 Å². The summed E-state index contributed by atoms with van der Waals surface area (Å²) in [5, 5.41) is 0. The number of hydrogen-bond donors (Lipinski definition) is 0. The summed E-state index contributed by atoms with van der Waals surface area (Å²) in [6.45, 7) is 6.88. The Balaban J connectivity index is 2.67. The second-order valence-corrected chi connectivity index (χ2v) is 4.97. The maximum absolute atomic E-state index is 3.74. The molecule has 0 bridgehead atoms. The number of alkyl halides is 1. The maximum atomic E-state index is 3.74. The van der Waals surface area contributed by atoms with Gasteiger partial charge in [0.25, 0.3) is 0 Å². The first-order valence-corrected chi connectivity index (χ1v) is 5.32. The molecule has 2 unspecified atom stereocenters. The van der Waals surface area contributed by atoms with Gasteiger partial charge in [-0.1, -0.05) is 34.0 Å². The van der Waals surface area contributed by atoms with Crippen molar-refractivity contribution in [1.29, 1.82) is 0 Å². The van der Waals surface area contributed by atoms with Gasteiger partial charge < -0.3 is 0 Å². The second-order valence-electron chi connectivity index (χ2n) is 3.80. The minimum Gasteiger partial charge on any atom is -0.0884 e. The predicted molar refractivity (Wildman–Crippen MR) is 54.1 cm³/mol. The van der Waals surface area contributed by atoms with Gasteiger partial charge in [0, 0.05) is 4.83 Å². The number of allylic oxidation sites excluding steroid dienone is 2. The van der Waals surface area contributed by atoms with Crippen molar-refractivity contribution in [3.05, 3.63) is 11.1 Å². The Hall–Kier alpha value is 0.220. The highest BCUT2D eigenvalue weighted by Gasteiger charge is 2.18. The zero-order chi connectivity index (χ0) is 8.43. The summed E-state index contributed by atoms with van der Waals surface area (Å²) in [4.78, 5) is 0.708. The van der Waals surface area contributed by atoms with Crippen molar-refractivity contribution >= 4 is 15.9 Å². The highest BCUT2D eigenvalue weighted by Crippen LogP contribution is 2.31. The van der Waals surface area contributed by atoms with Crippen LogP contribution in [0.3, 0.4) is 0 Å². The van der Waals surface area contributed by atoms with Gasteiger partial charge in [0.1, 0.15) is 0 Å². The topological polar surface area (TPSA) is 0 Å². The Morgan fingerprint density at radius 2 is 1.91 bits per heavy atom. The largest absolute Gasteiger partial charge is 0.0884 e. The van der Waals surface area contributed by atoms with Crippen LogP contribution in [0.1, 0.15) is 40.0 Å². The fourth-order valence-electron chi connectivity index (χ4n) is 1.51. The van der Waals surface area contributed by atoms with Crippen LogP contribution in [0.5, 0.6) is 0 Å². The van der Waals surface area contributed by atoms with E-state index in [1.54, 1.807) is 11.1 Å². The van der Waals surface area contributed by atoms with E-state index in [0.29, 0.717) is 4.83 Å². The number of rotatable bonds is 0. The van der Waals surface area contributed by atoms with Crippen LogP contribution in [-0.2, 0) is 0 Å². The molecular formula is C10H17Br. The van der Waals surface area contributed by atoms with Gasteiger partial charge in [-0.3, -0.25) is 0 Å². The SMILES string of the molecule is CC1=C(C)CC(Br)C(C)CC1. The molecule has 1 aliphatic rings. The van der Waals surface area contributed by atoms with Gasteiger partial charge in [-0.15, -0.1) is 0 Å². The first kappa shape index (κ1) is 9.31. The first-order chi connectivity index (χ1) is 5.11. The van der Waals surface area contributed by atoms with E-state index in [9.17, 15) is 0 Å². The zero-order valence-corrected chi connectivity index (χ0v) is 9.24. The van der Waals surface area contributed by atoms with Gasteiger partial charge in [0.05, 0.1) is 0 Å². The van der Waals surface area contributed by atoms with Crippen LogP contribution in [0.2, 0.25) is 0 Å². The minimum atomic E-state index is 0.708. The van der Waals surface area contributed by atoms with Gasteiger partial charge in [0.2, 0.25) is 0 Å². The van der Waals surface area contributed by atoms with E-state index >= 15 is 0 Å². The van der Waals surface area contributed by atoms with Crippen LogP contribution < -0.4 is 0 Å². The molecule has 0 nitrogen and oxygen atoms in total. The highest BCUT2D eigenvalue weighted by molar-refractivity contribution is 9.09. The van der Waals surface area contributed by atoms with Gasteiger partial charge in [-0.05, 0) is 39.0 Å².